The normalized spacial score (nSPS) is 13.6. The number of nitrogens with zero attached hydrogens (tertiary/aromatic N) is 1. The first-order valence-electron chi connectivity index (χ1n) is 7.30. The van der Waals surface area contributed by atoms with E-state index in [1.54, 1.807) is 0 Å². The maximum absolute atomic E-state index is 11.7. The quantitative estimate of drug-likeness (QED) is 0.908. The first-order chi connectivity index (χ1) is 10.1. The number of nitrogens with one attached hydrogen (secondary N) is 1. The summed E-state index contributed by atoms with van der Waals surface area (Å²) >= 11 is 0. The number of rotatable bonds is 3. The van der Waals surface area contributed by atoms with Crippen molar-refractivity contribution in [1.29, 1.82) is 0 Å². The minimum absolute atomic E-state index is 0.438. The standard InChI is InChI=1S/C17H19N3O/c1-11-6-2-4-8-14(11)19-17-13(16(18)21)10-12-7-3-5-9-15(12)20-17/h2,4,6,8,10H,3,5,7,9H2,1H3,(H2,18,21)(H,19,20). The second kappa shape index (κ2) is 5.56. The molecule has 0 aliphatic heterocycles. The number of aromatic nitrogens is 1. The number of hydrogen-bond donors (Lipinski definition) is 2. The first kappa shape index (κ1) is 13.6. The maximum Gasteiger partial charge on any atom is 0.252 e. The first-order valence-corrected chi connectivity index (χ1v) is 7.30. The number of carbonyl (C=O) groups is 1. The van der Waals surface area contributed by atoms with Gasteiger partial charge in [-0.1, -0.05) is 18.2 Å². The van der Waals surface area contributed by atoms with E-state index in [1.165, 1.54) is 0 Å². The number of fused-ring (bicyclic) bond motifs is 1. The Morgan fingerprint density at radius 1 is 1.24 bits per heavy atom. The van der Waals surface area contributed by atoms with Crippen molar-refractivity contribution in [2.24, 2.45) is 5.73 Å². The molecule has 1 amide bonds. The summed E-state index contributed by atoms with van der Waals surface area (Å²) in [5.41, 5.74) is 10.3. The Bertz CT molecular complexity index is 694. The van der Waals surface area contributed by atoms with Gasteiger partial charge in [0.05, 0.1) is 5.56 Å². The van der Waals surface area contributed by atoms with Gasteiger partial charge in [-0.25, -0.2) is 4.98 Å². The SMILES string of the molecule is Cc1ccccc1Nc1nc2c(cc1C(N)=O)CCCC2. The van der Waals surface area contributed by atoms with Crippen LogP contribution in [0.25, 0.3) is 0 Å². The molecule has 21 heavy (non-hydrogen) atoms. The van der Waals surface area contributed by atoms with Crippen molar-refractivity contribution in [1.82, 2.24) is 4.98 Å². The Morgan fingerprint density at radius 3 is 2.76 bits per heavy atom. The molecule has 0 radical (unpaired) electrons. The lowest BCUT2D eigenvalue weighted by atomic mass is 9.94. The van der Waals surface area contributed by atoms with Gasteiger partial charge < -0.3 is 11.1 Å². The lowest BCUT2D eigenvalue weighted by Gasteiger charge is -2.19. The summed E-state index contributed by atoms with van der Waals surface area (Å²) < 4.78 is 0. The Hall–Kier alpha value is -2.36. The van der Waals surface area contributed by atoms with E-state index < -0.39 is 5.91 Å². The van der Waals surface area contributed by atoms with Gasteiger partial charge in [0.25, 0.3) is 5.91 Å². The van der Waals surface area contributed by atoms with Crippen molar-refractivity contribution in [3.05, 3.63) is 52.7 Å². The fourth-order valence-electron chi connectivity index (χ4n) is 2.76. The van der Waals surface area contributed by atoms with Crippen molar-refractivity contribution in [2.45, 2.75) is 32.6 Å². The fraction of sp³-hybridized carbons (Fsp3) is 0.294. The largest absolute Gasteiger partial charge is 0.365 e. The van der Waals surface area contributed by atoms with E-state index in [0.717, 1.165) is 48.2 Å². The molecule has 2 aromatic rings. The number of hydrogen-bond acceptors (Lipinski definition) is 3. The summed E-state index contributed by atoms with van der Waals surface area (Å²) in [4.78, 5) is 16.4. The van der Waals surface area contributed by atoms with Crippen LogP contribution in [0.3, 0.4) is 0 Å². The van der Waals surface area contributed by atoms with E-state index in [4.69, 9.17) is 5.73 Å². The minimum atomic E-state index is -0.438. The zero-order chi connectivity index (χ0) is 14.8. The van der Waals surface area contributed by atoms with E-state index in [0.29, 0.717) is 11.4 Å². The third-order valence-corrected chi connectivity index (χ3v) is 3.96. The van der Waals surface area contributed by atoms with Crippen molar-refractivity contribution < 1.29 is 4.79 Å². The van der Waals surface area contributed by atoms with Crippen molar-refractivity contribution in [3.8, 4) is 0 Å². The number of aryl methyl sites for hydroxylation is 3. The third kappa shape index (κ3) is 2.75. The highest BCUT2D eigenvalue weighted by molar-refractivity contribution is 5.98. The Kier molecular flexibility index (Phi) is 3.60. The third-order valence-electron chi connectivity index (χ3n) is 3.96. The van der Waals surface area contributed by atoms with Crippen LogP contribution in [0.5, 0.6) is 0 Å². The van der Waals surface area contributed by atoms with Gasteiger partial charge in [0.2, 0.25) is 0 Å². The molecule has 0 bridgehead atoms. The van der Waals surface area contributed by atoms with Crippen molar-refractivity contribution in [3.63, 3.8) is 0 Å². The Balaban J connectivity index is 2.04. The summed E-state index contributed by atoms with van der Waals surface area (Å²) in [6.07, 6.45) is 4.25. The summed E-state index contributed by atoms with van der Waals surface area (Å²) in [5.74, 6) is 0.129. The lowest BCUT2D eigenvalue weighted by Crippen LogP contribution is -2.17. The summed E-state index contributed by atoms with van der Waals surface area (Å²) in [6, 6.07) is 9.84. The average Bonchev–Trinajstić information content (AvgIpc) is 2.48. The molecular weight excluding hydrogens is 262 g/mol. The van der Waals surface area contributed by atoms with E-state index in [-0.39, 0.29) is 0 Å². The van der Waals surface area contributed by atoms with Gasteiger partial charge in [-0.05, 0) is 55.9 Å². The molecular formula is C17H19N3O. The zero-order valence-corrected chi connectivity index (χ0v) is 12.1. The smallest absolute Gasteiger partial charge is 0.252 e. The van der Waals surface area contributed by atoms with E-state index in [2.05, 4.69) is 10.3 Å². The topological polar surface area (TPSA) is 68.0 Å². The highest BCUT2D eigenvalue weighted by Crippen LogP contribution is 2.27. The second-order valence-corrected chi connectivity index (χ2v) is 5.50. The summed E-state index contributed by atoms with van der Waals surface area (Å²) in [6.45, 7) is 2.02. The van der Waals surface area contributed by atoms with E-state index in [1.807, 2.05) is 37.3 Å². The molecule has 0 saturated heterocycles. The molecule has 3 rings (SSSR count). The van der Waals surface area contributed by atoms with Crippen LogP contribution in [-0.2, 0) is 12.8 Å². The van der Waals surface area contributed by atoms with Crippen LogP contribution in [0.2, 0.25) is 0 Å². The van der Waals surface area contributed by atoms with Crippen LogP contribution in [0.1, 0.15) is 40.0 Å². The van der Waals surface area contributed by atoms with Gasteiger partial charge in [-0.15, -0.1) is 0 Å². The molecule has 1 aliphatic rings. The fourth-order valence-corrected chi connectivity index (χ4v) is 2.76. The van der Waals surface area contributed by atoms with Crippen molar-refractivity contribution >= 4 is 17.4 Å². The van der Waals surface area contributed by atoms with Gasteiger partial charge in [0.15, 0.2) is 0 Å². The number of nitrogens with two attached hydrogens (primary N) is 1. The van der Waals surface area contributed by atoms with Gasteiger partial charge >= 0.3 is 0 Å². The number of carbonyl (C=O) groups excluding carboxylic acids is 1. The Labute approximate surface area is 124 Å². The van der Waals surface area contributed by atoms with E-state index >= 15 is 0 Å². The number of amides is 1. The van der Waals surface area contributed by atoms with Gasteiger partial charge in [0.1, 0.15) is 5.82 Å². The number of para-hydroxylation sites is 1. The molecule has 1 aliphatic carbocycles. The zero-order valence-electron chi connectivity index (χ0n) is 12.1. The lowest BCUT2D eigenvalue weighted by molar-refractivity contribution is 0.100. The second-order valence-electron chi connectivity index (χ2n) is 5.50. The van der Waals surface area contributed by atoms with Crippen LogP contribution in [-0.4, -0.2) is 10.9 Å². The molecule has 0 spiro atoms. The molecule has 1 aromatic carbocycles. The number of primary amides is 1. The number of benzene rings is 1. The van der Waals surface area contributed by atoms with Crippen LogP contribution in [0.15, 0.2) is 30.3 Å². The van der Waals surface area contributed by atoms with Gasteiger partial charge in [-0.3, -0.25) is 4.79 Å². The highest BCUT2D eigenvalue weighted by Gasteiger charge is 2.18. The number of pyridine rings is 1. The maximum atomic E-state index is 11.7. The molecule has 4 heteroatoms. The van der Waals surface area contributed by atoms with E-state index in [9.17, 15) is 4.79 Å². The molecule has 0 fully saturated rings. The molecule has 1 aromatic heterocycles. The van der Waals surface area contributed by atoms with Crippen LogP contribution >= 0.6 is 0 Å². The molecule has 4 nitrogen and oxygen atoms in total. The van der Waals surface area contributed by atoms with Crippen LogP contribution in [0, 0.1) is 6.92 Å². The molecule has 0 atom stereocenters. The molecule has 3 N–H and O–H groups in total. The monoisotopic (exact) mass is 281 g/mol. The molecule has 1 heterocycles. The van der Waals surface area contributed by atoms with Crippen LogP contribution in [0.4, 0.5) is 11.5 Å². The van der Waals surface area contributed by atoms with Gasteiger partial charge in [0, 0.05) is 11.4 Å². The Morgan fingerprint density at radius 2 is 2.00 bits per heavy atom. The molecule has 108 valence electrons. The van der Waals surface area contributed by atoms with Crippen LogP contribution < -0.4 is 11.1 Å². The predicted molar refractivity (Wildman–Crippen MR) is 83.9 cm³/mol. The average molecular weight is 281 g/mol. The van der Waals surface area contributed by atoms with Gasteiger partial charge in [-0.2, -0.15) is 0 Å². The highest BCUT2D eigenvalue weighted by atomic mass is 16.1. The number of anilines is 2. The molecule has 0 saturated carbocycles. The predicted octanol–water partition coefficient (Wildman–Crippen LogP) is 3.11. The van der Waals surface area contributed by atoms with Crippen molar-refractivity contribution in [2.75, 3.05) is 5.32 Å². The summed E-state index contributed by atoms with van der Waals surface area (Å²) in [5, 5.41) is 3.26. The minimum Gasteiger partial charge on any atom is -0.365 e. The summed E-state index contributed by atoms with van der Waals surface area (Å²) in [7, 11) is 0. The molecule has 0 unspecified atom stereocenters.